The Morgan fingerprint density at radius 2 is 1.15 bits per heavy atom. The summed E-state index contributed by atoms with van der Waals surface area (Å²) in [6, 6.07) is 8.53. The van der Waals surface area contributed by atoms with E-state index in [9.17, 15) is 22.0 Å². The molecule has 1 aliphatic carbocycles. The summed E-state index contributed by atoms with van der Waals surface area (Å²) < 4.78 is 70.9. The average molecular weight is 490 g/mol. The molecule has 0 spiro atoms. The topological polar surface area (TPSA) is 0 Å². The molecule has 0 heterocycles. The predicted molar refractivity (Wildman–Crippen MR) is 95.3 cm³/mol. The molecule has 3 aromatic rings. The smallest absolute Gasteiger partial charge is 0.200 e. The summed E-state index contributed by atoms with van der Waals surface area (Å²) in [5.41, 5.74) is 1.86. The highest BCUT2D eigenvalue weighted by molar-refractivity contribution is 9.10. The minimum Gasteiger partial charge on any atom is -0.203 e. The molecule has 0 unspecified atom stereocenters. The van der Waals surface area contributed by atoms with Crippen molar-refractivity contribution in [2.45, 2.75) is 6.42 Å². The molecule has 7 heteroatoms. The van der Waals surface area contributed by atoms with Gasteiger partial charge in [0.05, 0.1) is 5.56 Å². The zero-order valence-corrected chi connectivity index (χ0v) is 15.9. The predicted octanol–water partition coefficient (Wildman–Crippen LogP) is 7.15. The lowest BCUT2D eigenvalue weighted by atomic mass is 9.93. The van der Waals surface area contributed by atoms with Crippen LogP contribution in [0.4, 0.5) is 22.0 Å². The van der Waals surface area contributed by atoms with Crippen molar-refractivity contribution in [2.24, 2.45) is 0 Å². The summed E-state index contributed by atoms with van der Waals surface area (Å²) >= 11 is 6.62. The summed E-state index contributed by atoms with van der Waals surface area (Å²) in [5.74, 6) is -9.76. The van der Waals surface area contributed by atoms with Gasteiger partial charge in [0.15, 0.2) is 23.3 Å². The molecule has 0 fully saturated rings. The van der Waals surface area contributed by atoms with Gasteiger partial charge in [-0.05, 0) is 58.5 Å². The molecule has 0 aromatic heterocycles. The van der Waals surface area contributed by atoms with Crippen molar-refractivity contribution in [2.75, 3.05) is 0 Å². The van der Waals surface area contributed by atoms with E-state index in [2.05, 4.69) is 31.9 Å². The van der Waals surface area contributed by atoms with Gasteiger partial charge < -0.3 is 0 Å². The molecule has 26 heavy (non-hydrogen) atoms. The highest BCUT2D eigenvalue weighted by atomic mass is 79.9. The third-order valence-corrected chi connectivity index (χ3v) is 5.33. The molecule has 0 saturated heterocycles. The van der Waals surface area contributed by atoms with Gasteiger partial charge in [0, 0.05) is 8.95 Å². The minimum atomic E-state index is -2.17. The van der Waals surface area contributed by atoms with E-state index in [0.717, 1.165) is 15.6 Å². The van der Waals surface area contributed by atoms with Crippen LogP contribution in [-0.4, -0.2) is 0 Å². The Kier molecular flexibility index (Phi) is 4.19. The van der Waals surface area contributed by atoms with Crippen LogP contribution in [0.1, 0.15) is 11.1 Å². The van der Waals surface area contributed by atoms with Gasteiger partial charge in [-0.15, -0.1) is 0 Å². The van der Waals surface area contributed by atoms with Crippen LogP contribution in [-0.2, 0) is 6.42 Å². The molecular weight excluding hydrogens is 483 g/mol. The molecule has 0 nitrogen and oxygen atoms in total. The lowest BCUT2D eigenvalue weighted by molar-refractivity contribution is 0.381. The zero-order valence-electron chi connectivity index (χ0n) is 12.7. The summed E-state index contributed by atoms with van der Waals surface area (Å²) in [6.45, 7) is 0. The van der Waals surface area contributed by atoms with Gasteiger partial charge in [0.25, 0.3) is 0 Å². The van der Waals surface area contributed by atoms with Crippen LogP contribution in [0.5, 0.6) is 0 Å². The normalized spacial score (nSPS) is 12.3. The molecule has 0 radical (unpaired) electrons. The van der Waals surface area contributed by atoms with E-state index in [0.29, 0.717) is 22.0 Å². The monoisotopic (exact) mass is 488 g/mol. The number of hydrogen-bond acceptors (Lipinski definition) is 0. The first-order valence-corrected chi connectivity index (χ1v) is 9.01. The quantitative estimate of drug-likeness (QED) is 0.151. The number of rotatable bonds is 1. The number of benzene rings is 3. The van der Waals surface area contributed by atoms with Gasteiger partial charge in [-0.3, -0.25) is 0 Å². The Labute approximate surface area is 161 Å². The summed E-state index contributed by atoms with van der Waals surface area (Å²) in [7, 11) is 0. The molecular formula is C19H7Br2F5. The van der Waals surface area contributed by atoms with E-state index in [1.54, 1.807) is 18.2 Å². The van der Waals surface area contributed by atoms with Crippen LogP contribution in [0.25, 0.3) is 22.3 Å². The Morgan fingerprint density at radius 1 is 0.577 bits per heavy atom. The Bertz CT molecular complexity index is 1060. The van der Waals surface area contributed by atoms with Crippen molar-refractivity contribution >= 4 is 31.9 Å². The minimum absolute atomic E-state index is 0.0387. The highest BCUT2D eigenvalue weighted by Gasteiger charge is 2.31. The largest absolute Gasteiger partial charge is 0.203 e. The molecule has 132 valence electrons. The maximum Gasteiger partial charge on any atom is 0.200 e. The van der Waals surface area contributed by atoms with E-state index in [1.807, 2.05) is 6.07 Å². The fourth-order valence-electron chi connectivity index (χ4n) is 3.32. The van der Waals surface area contributed by atoms with Gasteiger partial charge in [-0.1, -0.05) is 37.9 Å². The van der Waals surface area contributed by atoms with Crippen molar-refractivity contribution in [1.29, 1.82) is 0 Å². The maximum atomic E-state index is 14.4. The molecule has 0 N–H and O–H groups in total. The van der Waals surface area contributed by atoms with Crippen LogP contribution < -0.4 is 0 Å². The second kappa shape index (κ2) is 6.16. The highest BCUT2D eigenvalue weighted by Crippen LogP contribution is 2.47. The molecule has 3 aromatic carbocycles. The van der Waals surface area contributed by atoms with Crippen molar-refractivity contribution < 1.29 is 22.0 Å². The Morgan fingerprint density at radius 3 is 1.81 bits per heavy atom. The maximum absolute atomic E-state index is 14.4. The van der Waals surface area contributed by atoms with E-state index in [1.165, 1.54) is 6.07 Å². The first-order valence-electron chi connectivity index (χ1n) is 7.42. The van der Waals surface area contributed by atoms with Crippen molar-refractivity contribution in [3.8, 4) is 22.3 Å². The molecule has 4 rings (SSSR count). The lowest BCUT2D eigenvalue weighted by Gasteiger charge is -2.14. The fourth-order valence-corrected chi connectivity index (χ4v) is 4.23. The van der Waals surface area contributed by atoms with Gasteiger partial charge >= 0.3 is 0 Å². The van der Waals surface area contributed by atoms with Crippen LogP contribution in [0.15, 0.2) is 39.3 Å². The third-order valence-electron chi connectivity index (χ3n) is 4.38. The Hall–Kier alpha value is -1.73. The Balaban J connectivity index is 2.10. The second-order valence-electron chi connectivity index (χ2n) is 5.91. The standard InChI is InChI=1S/C19H7Br2F5/c20-9-1-2-11-7(4-9)3-8-5-10(21)6-12(13(8)11)14-15(22)17(24)19(26)18(25)16(14)23/h1-2,4-6H,3H2. The summed E-state index contributed by atoms with van der Waals surface area (Å²) in [4.78, 5) is 0. The van der Waals surface area contributed by atoms with Crippen molar-refractivity contribution in [1.82, 2.24) is 0 Å². The van der Waals surface area contributed by atoms with Crippen LogP contribution in [0, 0.1) is 29.1 Å². The first-order chi connectivity index (χ1) is 12.3. The second-order valence-corrected chi connectivity index (χ2v) is 7.74. The SMILES string of the molecule is Fc1c(F)c(F)c(-c2cc(Br)cc3c2-c2ccc(Br)cc2C3)c(F)c1F. The van der Waals surface area contributed by atoms with Gasteiger partial charge in [-0.25, -0.2) is 22.0 Å². The van der Waals surface area contributed by atoms with Gasteiger partial charge in [0.2, 0.25) is 5.82 Å². The van der Waals surface area contributed by atoms with Crippen molar-refractivity contribution in [3.05, 3.63) is 79.5 Å². The lowest BCUT2D eigenvalue weighted by Crippen LogP contribution is -2.05. The van der Waals surface area contributed by atoms with E-state index in [-0.39, 0.29) is 5.56 Å². The summed E-state index contributed by atoms with van der Waals surface area (Å²) in [5, 5.41) is 0. The van der Waals surface area contributed by atoms with Crippen LogP contribution >= 0.6 is 31.9 Å². The average Bonchev–Trinajstić information content (AvgIpc) is 2.95. The number of hydrogen-bond donors (Lipinski definition) is 0. The van der Waals surface area contributed by atoms with E-state index < -0.39 is 34.6 Å². The number of halogens is 7. The van der Waals surface area contributed by atoms with Crippen molar-refractivity contribution in [3.63, 3.8) is 0 Å². The zero-order chi connectivity index (χ0) is 18.7. The molecule has 0 saturated carbocycles. The molecule has 0 bridgehead atoms. The first kappa shape index (κ1) is 17.7. The van der Waals surface area contributed by atoms with Crippen LogP contribution in [0.3, 0.4) is 0 Å². The molecule has 1 aliphatic rings. The summed E-state index contributed by atoms with van der Waals surface area (Å²) in [6.07, 6.45) is 0.492. The fraction of sp³-hybridized carbons (Fsp3) is 0.0526. The van der Waals surface area contributed by atoms with Gasteiger partial charge in [0.1, 0.15) is 0 Å². The van der Waals surface area contributed by atoms with E-state index in [4.69, 9.17) is 0 Å². The van der Waals surface area contributed by atoms with Gasteiger partial charge in [-0.2, -0.15) is 0 Å². The molecule has 0 amide bonds. The molecule has 0 aliphatic heterocycles. The third kappa shape index (κ3) is 2.52. The molecule has 0 atom stereocenters. The number of fused-ring (bicyclic) bond motifs is 3. The van der Waals surface area contributed by atoms with E-state index >= 15 is 0 Å². The van der Waals surface area contributed by atoms with Crippen LogP contribution in [0.2, 0.25) is 0 Å².